The molecule has 0 spiro atoms. The van der Waals surface area contributed by atoms with E-state index in [2.05, 4.69) is 44.2 Å². The van der Waals surface area contributed by atoms with Crippen LogP contribution < -0.4 is 0 Å². The Morgan fingerprint density at radius 2 is 1.88 bits per heavy atom. The summed E-state index contributed by atoms with van der Waals surface area (Å²) >= 11 is 0. The highest BCUT2D eigenvalue weighted by molar-refractivity contribution is 5.21. The van der Waals surface area contributed by atoms with Crippen LogP contribution in [0.5, 0.6) is 0 Å². The lowest BCUT2D eigenvalue weighted by Gasteiger charge is -2.20. The number of hydrogen-bond acceptors (Lipinski definition) is 0. The van der Waals surface area contributed by atoms with Crippen LogP contribution in [0.1, 0.15) is 43.7 Å². The number of hydrogen-bond donors (Lipinski definition) is 0. The summed E-state index contributed by atoms with van der Waals surface area (Å²) in [6.45, 7) is 4.41. The summed E-state index contributed by atoms with van der Waals surface area (Å²) in [6, 6.07) is 9.00. The van der Waals surface area contributed by atoms with Crippen LogP contribution in [-0.4, -0.2) is 0 Å². The highest BCUT2D eigenvalue weighted by atomic mass is 14.2. The molecular weight excluding hydrogens is 192 g/mol. The molecule has 0 aliphatic heterocycles. The third-order valence-electron chi connectivity index (χ3n) is 3.71. The van der Waals surface area contributed by atoms with Gasteiger partial charge in [-0.05, 0) is 57.4 Å². The maximum Gasteiger partial charge on any atom is -0.0276 e. The van der Waals surface area contributed by atoms with Crippen LogP contribution in [0.15, 0.2) is 35.9 Å². The fourth-order valence-corrected chi connectivity index (χ4v) is 2.41. The molecule has 1 aromatic carbocycles. The fraction of sp³-hybridized carbons (Fsp3) is 0.500. The second-order valence-corrected chi connectivity index (χ2v) is 5.22. The molecule has 0 saturated carbocycles. The van der Waals surface area contributed by atoms with Gasteiger partial charge in [-0.25, -0.2) is 0 Å². The molecule has 0 fully saturated rings. The molecule has 0 bridgehead atoms. The van der Waals surface area contributed by atoms with Crippen molar-refractivity contribution in [1.82, 2.24) is 0 Å². The lowest BCUT2D eigenvalue weighted by Crippen LogP contribution is -2.06. The van der Waals surface area contributed by atoms with Gasteiger partial charge in [0, 0.05) is 0 Å². The van der Waals surface area contributed by atoms with E-state index < -0.39 is 0 Å². The Labute approximate surface area is 99.4 Å². The molecule has 2 rings (SSSR count). The molecule has 0 heteroatoms. The molecule has 0 nitrogen and oxygen atoms in total. The van der Waals surface area contributed by atoms with Crippen LogP contribution in [0.25, 0.3) is 0 Å². The maximum atomic E-state index is 2.43. The first-order chi connectivity index (χ1) is 7.74. The second-order valence-electron chi connectivity index (χ2n) is 5.22. The summed E-state index contributed by atoms with van der Waals surface area (Å²) in [6.07, 6.45) is 9.05. The van der Waals surface area contributed by atoms with Crippen molar-refractivity contribution in [1.29, 1.82) is 0 Å². The summed E-state index contributed by atoms with van der Waals surface area (Å²) in [5, 5.41) is 0. The van der Waals surface area contributed by atoms with Crippen molar-refractivity contribution in [3.8, 4) is 0 Å². The first kappa shape index (κ1) is 11.4. The topological polar surface area (TPSA) is 0 Å². The molecule has 1 aliphatic carbocycles. The number of aryl methyl sites for hydroxylation is 2. The first-order valence-electron chi connectivity index (χ1n) is 6.45. The van der Waals surface area contributed by atoms with E-state index in [0.717, 1.165) is 5.92 Å². The Bertz CT molecular complexity index is 356. The molecule has 86 valence electrons. The van der Waals surface area contributed by atoms with E-state index in [-0.39, 0.29) is 0 Å². The molecule has 0 amide bonds. The minimum Gasteiger partial charge on any atom is -0.0853 e. The Hall–Kier alpha value is -1.04. The van der Waals surface area contributed by atoms with Gasteiger partial charge in [0.2, 0.25) is 0 Å². The summed E-state index contributed by atoms with van der Waals surface area (Å²) in [5.74, 6) is 0.921. The average molecular weight is 214 g/mol. The summed E-state index contributed by atoms with van der Waals surface area (Å²) in [5.41, 5.74) is 4.45. The molecular formula is C16H22. The molecule has 1 aliphatic rings. The van der Waals surface area contributed by atoms with Crippen molar-refractivity contribution in [2.45, 2.75) is 46.0 Å². The normalized spacial score (nSPS) is 20.6. The van der Waals surface area contributed by atoms with Crippen LogP contribution in [-0.2, 0) is 6.42 Å². The predicted molar refractivity (Wildman–Crippen MR) is 70.6 cm³/mol. The van der Waals surface area contributed by atoms with Gasteiger partial charge in [0.1, 0.15) is 0 Å². The molecule has 0 radical (unpaired) electrons. The Morgan fingerprint density at radius 3 is 2.50 bits per heavy atom. The van der Waals surface area contributed by atoms with Gasteiger partial charge in [-0.2, -0.15) is 0 Å². The molecule has 1 atom stereocenters. The molecule has 0 N–H and O–H groups in total. The van der Waals surface area contributed by atoms with E-state index >= 15 is 0 Å². The van der Waals surface area contributed by atoms with Gasteiger partial charge in [0.15, 0.2) is 0 Å². The Kier molecular flexibility index (Phi) is 3.82. The minimum atomic E-state index is 0.921. The van der Waals surface area contributed by atoms with Crippen LogP contribution in [0.2, 0.25) is 0 Å². The molecule has 1 aromatic rings. The average Bonchev–Trinajstić information content (AvgIpc) is 2.30. The molecule has 16 heavy (non-hydrogen) atoms. The van der Waals surface area contributed by atoms with Crippen LogP contribution >= 0.6 is 0 Å². The van der Waals surface area contributed by atoms with E-state index in [4.69, 9.17) is 0 Å². The molecule has 0 saturated heterocycles. The quantitative estimate of drug-likeness (QED) is 0.641. The predicted octanol–water partition coefficient (Wildman–Crippen LogP) is 4.67. The Morgan fingerprint density at radius 1 is 1.12 bits per heavy atom. The summed E-state index contributed by atoms with van der Waals surface area (Å²) in [7, 11) is 0. The highest BCUT2D eigenvalue weighted by Gasteiger charge is 2.12. The second kappa shape index (κ2) is 5.34. The van der Waals surface area contributed by atoms with Crippen molar-refractivity contribution in [2.75, 3.05) is 0 Å². The zero-order chi connectivity index (χ0) is 11.4. The van der Waals surface area contributed by atoms with Crippen molar-refractivity contribution >= 4 is 0 Å². The van der Waals surface area contributed by atoms with E-state index in [1.807, 2.05) is 0 Å². The van der Waals surface area contributed by atoms with Gasteiger partial charge in [-0.3, -0.25) is 0 Å². The van der Waals surface area contributed by atoms with Crippen LogP contribution in [0.4, 0.5) is 0 Å². The molecule has 1 unspecified atom stereocenters. The number of allylic oxidation sites excluding steroid dienone is 2. The van der Waals surface area contributed by atoms with E-state index in [1.54, 1.807) is 5.57 Å². The minimum absolute atomic E-state index is 0.921. The standard InChI is InChI=1S/C16H22/c1-13-3-7-15(8-4-13)11-12-16-9-5-14(2)6-10-16/h3-5,7-8,16H,6,9-12H2,1-2H3. The van der Waals surface area contributed by atoms with Crippen molar-refractivity contribution in [2.24, 2.45) is 5.92 Å². The van der Waals surface area contributed by atoms with E-state index in [9.17, 15) is 0 Å². The zero-order valence-corrected chi connectivity index (χ0v) is 10.5. The van der Waals surface area contributed by atoms with Gasteiger partial charge in [0.05, 0.1) is 0 Å². The van der Waals surface area contributed by atoms with Crippen LogP contribution in [0.3, 0.4) is 0 Å². The smallest absolute Gasteiger partial charge is 0.0276 e. The van der Waals surface area contributed by atoms with Gasteiger partial charge in [-0.15, -0.1) is 0 Å². The monoisotopic (exact) mass is 214 g/mol. The van der Waals surface area contributed by atoms with Gasteiger partial charge in [-0.1, -0.05) is 41.5 Å². The van der Waals surface area contributed by atoms with Crippen molar-refractivity contribution in [3.63, 3.8) is 0 Å². The van der Waals surface area contributed by atoms with Gasteiger partial charge >= 0.3 is 0 Å². The fourth-order valence-electron chi connectivity index (χ4n) is 2.41. The first-order valence-corrected chi connectivity index (χ1v) is 6.45. The zero-order valence-electron chi connectivity index (χ0n) is 10.5. The molecule has 0 aromatic heterocycles. The third kappa shape index (κ3) is 3.23. The largest absolute Gasteiger partial charge is 0.0853 e. The number of rotatable bonds is 3. The van der Waals surface area contributed by atoms with E-state index in [0.29, 0.717) is 0 Å². The van der Waals surface area contributed by atoms with Crippen molar-refractivity contribution < 1.29 is 0 Å². The summed E-state index contributed by atoms with van der Waals surface area (Å²) in [4.78, 5) is 0. The lowest BCUT2D eigenvalue weighted by molar-refractivity contribution is 0.437. The summed E-state index contributed by atoms with van der Waals surface area (Å²) < 4.78 is 0. The maximum absolute atomic E-state index is 2.43. The highest BCUT2D eigenvalue weighted by Crippen LogP contribution is 2.26. The van der Waals surface area contributed by atoms with Gasteiger partial charge in [0.25, 0.3) is 0 Å². The molecule has 0 heterocycles. The third-order valence-corrected chi connectivity index (χ3v) is 3.71. The Balaban J connectivity index is 1.81. The SMILES string of the molecule is CC1=CCC(CCc2ccc(C)cc2)CC1. The van der Waals surface area contributed by atoms with E-state index in [1.165, 1.54) is 43.2 Å². The van der Waals surface area contributed by atoms with Crippen molar-refractivity contribution in [3.05, 3.63) is 47.0 Å². The van der Waals surface area contributed by atoms with Crippen LogP contribution in [0, 0.1) is 12.8 Å². The van der Waals surface area contributed by atoms with Gasteiger partial charge < -0.3 is 0 Å². The lowest BCUT2D eigenvalue weighted by atomic mass is 9.86. The number of benzene rings is 1.